The quantitative estimate of drug-likeness (QED) is 0.680. The highest BCUT2D eigenvalue weighted by Crippen LogP contribution is 2.28. The molecule has 114 valence electrons. The van der Waals surface area contributed by atoms with Crippen LogP contribution in [0.15, 0.2) is 22.7 Å². The van der Waals surface area contributed by atoms with E-state index >= 15 is 0 Å². The maximum atomic E-state index is 12.7. The van der Waals surface area contributed by atoms with Gasteiger partial charge in [-0.3, -0.25) is 4.79 Å². The van der Waals surface area contributed by atoms with Gasteiger partial charge in [0, 0.05) is 27.2 Å². The molecule has 1 atom stereocenters. The van der Waals surface area contributed by atoms with E-state index in [2.05, 4.69) is 43.8 Å². The summed E-state index contributed by atoms with van der Waals surface area (Å²) in [6, 6.07) is 6.63. The lowest BCUT2D eigenvalue weighted by atomic mass is 9.88. The van der Waals surface area contributed by atoms with Crippen molar-refractivity contribution in [3.63, 3.8) is 0 Å². The number of carbonyl (C=O) groups excluding carboxylic acids is 1. The first-order valence-electron chi connectivity index (χ1n) is 7.63. The zero-order chi connectivity index (χ0) is 14.8. The van der Waals surface area contributed by atoms with Crippen LogP contribution in [0.3, 0.4) is 0 Å². The van der Waals surface area contributed by atoms with Gasteiger partial charge in [-0.1, -0.05) is 0 Å². The highest BCUT2D eigenvalue weighted by molar-refractivity contribution is 14.1. The molecule has 0 aromatic heterocycles. The van der Waals surface area contributed by atoms with Gasteiger partial charge >= 0.3 is 0 Å². The van der Waals surface area contributed by atoms with Gasteiger partial charge in [0.15, 0.2) is 0 Å². The van der Waals surface area contributed by atoms with Crippen molar-refractivity contribution in [2.75, 3.05) is 19.6 Å². The Labute approximate surface area is 148 Å². The number of nitrogens with one attached hydrogen (secondary N) is 1. The minimum absolute atomic E-state index is 0.165. The molecule has 0 bridgehead atoms. The normalized spacial score (nSPS) is 23.5. The van der Waals surface area contributed by atoms with Crippen LogP contribution in [0, 0.1) is 9.49 Å². The predicted molar refractivity (Wildman–Crippen MR) is 96.5 cm³/mol. The Kier molecular flexibility index (Phi) is 5.22. The molecule has 5 heteroatoms. The molecule has 2 heterocycles. The fourth-order valence-corrected chi connectivity index (χ4v) is 4.36. The van der Waals surface area contributed by atoms with Crippen LogP contribution in [0.4, 0.5) is 0 Å². The Balaban J connectivity index is 1.63. The van der Waals surface area contributed by atoms with Gasteiger partial charge in [0.05, 0.1) is 5.56 Å². The lowest BCUT2D eigenvalue weighted by molar-refractivity contribution is 0.0673. The summed E-state index contributed by atoms with van der Waals surface area (Å²) in [5.74, 6) is 0.911. The Bertz CT molecular complexity index is 523. The second-order valence-electron chi connectivity index (χ2n) is 5.96. The summed E-state index contributed by atoms with van der Waals surface area (Å²) in [4.78, 5) is 14.7. The summed E-state index contributed by atoms with van der Waals surface area (Å²) in [5.41, 5.74) is 0.791. The Morgan fingerprint density at radius 2 is 2.05 bits per heavy atom. The number of hydrogen-bond acceptors (Lipinski definition) is 2. The molecule has 0 aliphatic carbocycles. The van der Waals surface area contributed by atoms with Crippen LogP contribution in [0.5, 0.6) is 0 Å². The van der Waals surface area contributed by atoms with E-state index in [0.717, 1.165) is 45.5 Å². The third kappa shape index (κ3) is 3.62. The van der Waals surface area contributed by atoms with Gasteiger partial charge in [0.1, 0.15) is 0 Å². The summed E-state index contributed by atoms with van der Waals surface area (Å²) in [6.45, 7) is 2.94. The van der Waals surface area contributed by atoms with Crippen LogP contribution in [0.2, 0.25) is 0 Å². The van der Waals surface area contributed by atoms with Gasteiger partial charge in [0.2, 0.25) is 0 Å². The van der Waals surface area contributed by atoms with Crippen molar-refractivity contribution in [3.05, 3.63) is 31.8 Å². The maximum Gasteiger partial charge on any atom is 0.255 e. The third-order valence-corrected chi connectivity index (χ3v) is 6.02. The molecule has 2 saturated heterocycles. The van der Waals surface area contributed by atoms with Crippen molar-refractivity contribution in [2.45, 2.75) is 31.7 Å². The molecule has 3 rings (SSSR count). The SMILES string of the molecule is O=C(c1cc(I)ccc1Br)N1CCC(C2CCCN2)CC1. The smallest absolute Gasteiger partial charge is 0.255 e. The Hall–Kier alpha value is -0.140. The van der Waals surface area contributed by atoms with Crippen LogP contribution in [-0.4, -0.2) is 36.5 Å². The Morgan fingerprint density at radius 3 is 2.71 bits per heavy atom. The van der Waals surface area contributed by atoms with Crippen molar-refractivity contribution in [1.82, 2.24) is 10.2 Å². The van der Waals surface area contributed by atoms with Crippen molar-refractivity contribution in [3.8, 4) is 0 Å². The highest BCUT2D eigenvalue weighted by atomic mass is 127. The Morgan fingerprint density at radius 1 is 1.29 bits per heavy atom. The molecule has 3 nitrogen and oxygen atoms in total. The van der Waals surface area contributed by atoms with E-state index in [-0.39, 0.29) is 5.91 Å². The molecule has 2 fully saturated rings. The zero-order valence-electron chi connectivity index (χ0n) is 11.9. The fraction of sp³-hybridized carbons (Fsp3) is 0.562. The molecule has 0 spiro atoms. The number of halogens is 2. The zero-order valence-corrected chi connectivity index (χ0v) is 15.7. The summed E-state index contributed by atoms with van der Waals surface area (Å²) in [7, 11) is 0. The molecule has 2 aliphatic rings. The van der Waals surface area contributed by atoms with Crippen molar-refractivity contribution >= 4 is 44.4 Å². The number of piperidine rings is 1. The van der Waals surface area contributed by atoms with E-state index in [1.807, 2.05) is 23.1 Å². The number of benzene rings is 1. The molecule has 0 saturated carbocycles. The lowest BCUT2D eigenvalue weighted by Crippen LogP contribution is -2.43. The average molecular weight is 463 g/mol. The van der Waals surface area contributed by atoms with E-state index in [1.54, 1.807) is 0 Å². The third-order valence-electron chi connectivity index (χ3n) is 4.65. The number of nitrogens with zero attached hydrogens (tertiary/aromatic N) is 1. The van der Waals surface area contributed by atoms with E-state index in [4.69, 9.17) is 0 Å². The second-order valence-corrected chi connectivity index (χ2v) is 8.06. The molecule has 1 N–H and O–H groups in total. The van der Waals surface area contributed by atoms with Gasteiger partial charge in [-0.05, 0) is 94.9 Å². The van der Waals surface area contributed by atoms with Crippen LogP contribution in [0.1, 0.15) is 36.0 Å². The first-order valence-corrected chi connectivity index (χ1v) is 9.50. The average Bonchev–Trinajstić information content (AvgIpc) is 3.03. The van der Waals surface area contributed by atoms with Gasteiger partial charge in [-0.25, -0.2) is 0 Å². The second kappa shape index (κ2) is 6.96. The van der Waals surface area contributed by atoms with E-state index < -0.39 is 0 Å². The summed E-state index contributed by atoms with van der Waals surface area (Å²) < 4.78 is 2.00. The number of rotatable bonds is 2. The van der Waals surface area contributed by atoms with Gasteiger partial charge in [-0.2, -0.15) is 0 Å². The maximum absolute atomic E-state index is 12.7. The topological polar surface area (TPSA) is 32.3 Å². The number of amides is 1. The van der Waals surface area contributed by atoms with Gasteiger partial charge < -0.3 is 10.2 Å². The molecule has 2 aliphatic heterocycles. The molecular formula is C16H20BrIN2O. The number of hydrogen-bond donors (Lipinski definition) is 1. The minimum Gasteiger partial charge on any atom is -0.339 e. The van der Waals surface area contributed by atoms with Gasteiger partial charge in [0.25, 0.3) is 5.91 Å². The first-order chi connectivity index (χ1) is 10.1. The lowest BCUT2D eigenvalue weighted by Gasteiger charge is -2.35. The molecule has 0 radical (unpaired) electrons. The molecule has 21 heavy (non-hydrogen) atoms. The van der Waals surface area contributed by atoms with E-state index in [9.17, 15) is 4.79 Å². The predicted octanol–water partition coefficient (Wildman–Crippen LogP) is 3.66. The van der Waals surface area contributed by atoms with Crippen molar-refractivity contribution in [1.29, 1.82) is 0 Å². The molecular weight excluding hydrogens is 443 g/mol. The number of likely N-dealkylation sites (tertiary alicyclic amines) is 1. The van der Waals surface area contributed by atoms with E-state index in [1.165, 1.54) is 19.4 Å². The minimum atomic E-state index is 0.165. The van der Waals surface area contributed by atoms with Crippen LogP contribution in [-0.2, 0) is 0 Å². The van der Waals surface area contributed by atoms with E-state index in [0.29, 0.717) is 6.04 Å². The van der Waals surface area contributed by atoms with Crippen LogP contribution < -0.4 is 5.32 Å². The monoisotopic (exact) mass is 462 g/mol. The standard InChI is InChI=1S/C16H20BrIN2O/c17-14-4-3-12(18)10-13(14)16(21)20-8-5-11(6-9-20)15-2-1-7-19-15/h3-4,10-11,15,19H,1-2,5-9H2. The summed E-state index contributed by atoms with van der Waals surface area (Å²) in [6.07, 6.45) is 4.87. The molecule has 1 aromatic rings. The number of carbonyl (C=O) groups is 1. The van der Waals surface area contributed by atoms with Crippen molar-refractivity contribution < 1.29 is 4.79 Å². The molecule has 1 unspecified atom stereocenters. The fourth-order valence-electron chi connectivity index (χ4n) is 3.45. The van der Waals surface area contributed by atoms with Gasteiger partial charge in [-0.15, -0.1) is 0 Å². The van der Waals surface area contributed by atoms with Crippen LogP contribution in [0.25, 0.3) is 0 Å². The first kappa shape index (κ1) is 15.7. The van der Waals surface area contributed by atoms with Crippen molar-refractivity contribution in [2.24, 2.45) is 5.92 Å². The summed E-state index contributed by atoms with van der Waals surface area (Å²) >= 11 is 5.76. The summed E-state index contributed by atoms with van der Waals surface area (Å²) in [5, 5.41) is 3.61. The largest absolute Gasteiger partial charge is 0.339 e. The highest BCUT2D eigenvalue weighted by Gasteiger charge is 2.30. The molecule has 1 amide bonds. The van der Waals surface area contributed by atoms with Crippen LogP contribution >= 0.6 is 38.5 Å². The molecule has 1 aromatic carbocycles.